The number of aromatic nitrogens is 1. The van der Waals surface area contributed by atoms with Crippen molar-refractivity contribution in [2.45, 2.75) is 6.54 Å². The highest BCUT2D eigenvalue weighted by atomic mass is 35.5. The summed E-state index contributed by atoms with van der Waals surface area (Å²) in [4.78, 5) is 18.8. The van der Waals surface area contributed by atoms with E-state index in [0.29, 0.717) is 18.7 Å². The lowest BCUT2D eigenvalue weighted by molar-refractivity contribution is 0.0383. The van der Waals surface area contributed by atoms with E-state index < -0.39 is 0 Å². The first-order chi connectivity index (χ1) is 12.7. The maximum atomic E-state index is 12.2. The van der Waals surface area contributed by atoms with Crippen molar-refractivity contribution >= 4 is 23.3 Å². The third-order valence-electron chi connectivity index (χ3n) is 4.23. The molecule has 3 rings (SSSR count). The Balaban J connectivity index is 1.42. The molecule has 1 amide bonds. The molecule has 1 aromatic carbocycles. The number of amides is 1. The minimum atomic E-state index is -0.102. The van der Waals surface area contributed by atoms with Crippen molar-refractivity contribution in [3.8, 4) is 0 Å². The standard InChI is InChI=1S/C19H23ClN4O2/c20-17-4-1-15(2-5-17)13-22-18-6-3-16(14-23-18)19(25)21-7-8-24-9-11-26-12-10-24/h1-6,14H,7-13H2,(H,21,25)(H,22,23). The summed E-state index contributed by atoms with van der Waals surface area (Å²) in [6.07, 6.45) is 1.59. The van der Waals surface area contributed by atoms with Crippen LogP contribution in [0.4, 0.5) is 5.82 Å². The number of anilines is 1. The zero-order chi connectivity index (χ0) is 18.2. The second kappa shape index (κ2) is 9.52. The number of halogens is 1. The van der Waals surface area contributed by atoms with Gasteiger partial charge in [-0.3, -0.25) is 9.69 Å². The quantitative estimate of drug-likeness (QED) is 0.779. The Labute approximate surface area is 158 Å². The van der Waals surface area contributed by atoms with Crippen LogP contribution < -0.4 is 10.6 Å². The molecule has 0 aliphatic carbocycles. The van der Waals surface area contributed by atoms with E-state index in [1.807, 2.05) is 30.3 Å². The number of morpholine rings is 1. The van der Waals surface area contributed by atoms with Crippen molar-refractivity contribution in [1.82, 2.24) is 15.2 Å². The van der Waals surface area contributed by atoms with Crippen LogP contribution in [0.25, 0.3) is 0 Å². The van der Waals surface area contributed by atoms with Gasteiger partial charge in [0.25, 0.3) is 5.91 Å². The van der Waals surface area contributed by atoms with Crippen molar-refractivity contribution < 1.29 is 9.53 Å². The van der Waals surface area contributed by atoms with Gasteiger partial charge in [0.1, 0.15) is 5.82 Å². The molecule has 138 valence electrons. The first-order valence-corrected chi connectivity index (χ1v) is 9.11. The Morgan fingerprint density at radius 1 is 1.15 bits per heavy atom. The summed E-state index contributed by atoms with van der Waals surface area (Å²) in [6.45, 7) is 5.48. The van der Waals surface area contributed by atoms with Gasteiger partial charge in [-0.2, -0.15) is 0 Å². The molecule has 2 N–H and O–H groups in total. The largest absolute Gasteiger partial charge is 0.379 e. The number of carbonyl (C=O) groups is 1. The van der Waals surface area contributed by atoms with E-state index in [2.05, 4.69) is 20.5 Å². The maximum absolute atomic E-state index is 12.2. The molecule has 26 heavy (non-hydrogen) atoms. The molecule has 1 aromatic heterocycles. The van der Waals surface area contributed by atoms with Gasteiger partial charge >= 0.3 is 0 Å². The summed E-state index contributed by atoms with van der Waals surface area (Å²) in [5, 5.41) is 6.88. The molecule has 1 aliphatic rings. The molecule has 2 heterocycles. The minimum Gasteiger partial charge on any atom is -0.379 e. The highest BCUT2D eigenvalue weighted by Gasteiger charge is 2.11. The van der Waals surface area contributed by atoms with Crippen molar-refractivity contribution in [2.24, 2.45) is 0 Å². The normalized spacial score (nSPS) is 14.8. The van der Waals surface area contributed by atoms with Crippen LogP contribution in [0.15, 0.2) is 42.6 Å². The molecule has 0 atom stereocenters. The molecule has 2 aromatic rings. The smallest absolute Gasteiger partial charge is 0.252 e. The molecule has 1 fully saturated rings. The molecule has 1 saturated heterocycles. The van der Waals surface area contributed by atoms with Crippen LogP contribution in [0.1, 0.15) is 15.9 Å². The first kappa shape index (κ1) is 18.6. The van der Waals surface area contributed by atoms with Crippen LogP contribution in [0.2, 0.25) is 5.02 Å². The molecule has 0 spiro atoms. The Bertz CT molecular complexity index is 700. The zero-order valence-electron chi connectivity index (χ0n) is 14.6. The maximum Gasteiger partial charge on any atom is 0.252 e. The number of benzene rings is 1. The monoisotopic (exact) mass is 374 g/mol. The van der Waals surface area contributed by atoms with Gasteiger partial charge in [0.2, 0.25) is 0 Å². The lowest BCUT2D eigenvalue weighted by Gasteiger charge is -2.26. The van der Waals surface area contributed by atoms with Gasteiger partial charge in [-0.05, 0) is 29.8 Å². The van der Waals surface area contributed by atoms with Crippen molar-refractivity contribution in [1.29, 1.82) is 0 Å². The highest BCUT2D eigenvalue weighted by molar-refractivity contribution is 6.30. The van der Waals surface area contributed by atoms with E-state index in [0.717, 1.165) is 49.3 Å². The summed E-state index contributed by atoms with van der Waals surface area (Å²) in [6, 6.07) is 11.2. The van der Waals surface area contributed by atoms with Crippen LogP contribution in [0.3, 0.4) is 0 Å². The Kier molecular flexibility index (Phi) is 6.82. The van der Waals surface area contributed by atoms with Crippen molar-refractivity contribution in [2.75, 3.05) is 44.7 Å². The van der Waals surface area contributed by atoms with Crippen molar-refractivity contribution in [3.63, 3.8) is 0 Å². The average molecular weight is 375 g/mol. The van der Waals surface area contributed by atoms with Gasteiger partial charge in [0, 0.05) is 43.9 Å². The lowest BCUT2D eigenvalue weighted by Crippen LogP contribution is -2.41. The number of nitrogens with zero attached hydrogens (tertiary/aromatic N) is 2. The molecule has 0 unspecified atom stereocenters. The summed E-state index contributed by atoms with van der Waals surface area (Å²) >= 11 is 5.88. The van der Waals surface area contributed by atoms with Crippen LogP contribution in [0, 0.1) is 0 Å². The van der Waals surface area contributed by atoms with E-state index >= 15 is 0 Å². The third kappa shape index (κ3) is 5.69. The second-order valence-corrected chi connectivity index (χ2v) is 6.56. The van der Waals surface area contributed by atoms with Gasteiger partial charge in [0.05, 0.1) is 18.8 Å². The summed E-state index contributed by atoms with van der Waals surface area (Å²) in [5.41, 5.74) is 1.67. The van der Waals surface area contributed by atoms with E-state index in [9.17, 15) is 4.79 Å². The lowest BCUT2D eigenvalue weighted by atomic mass is 10.2. The topological polar surface area (TPSA) is 66.5 Å². The Morgan fingerprint density at radius 2 is 1.92 bits per heavy atom. The predicted molar refractivity (Wildman–Crippen MR) is 103 cm³/mol. The second-order valence-electron chi connectivity index (χ2n) is 6.12. The van der Waals surface area contributed by atoms with Crippen LogP contribution >= 0.6 is 11.6 Å². The summed E-state index contributed by atoms with van der Waals surface area (Å²) < 4.78 is 5.31. The van der Waals surface area contributed by atoms with Gasteiger partial charge in [-0.1, -0.05) is 23.7 Å². The summed E-state index contributed by atoms with van der Waals surface area (Å²) in [7, 11) is 0. The van der Waals surface area contributed by atoms with E-state index in [-0.39, 0.29) is 5.91 Å². The molecule has 7 heteroatoms. The number of carbonyl (C=O) groups excluding carboxylic acids is 1. The minimum absolute atomic E-state index is 0.102. The summed E-state index contributed by atoms with van der Waals surface area (Å²) in [5.74, 6) is 0.625. The Hall–Kier alpha value is -2.15. The third-order valence-corrected chi connectivity index (χ3v) is 4.48. The van der Waals surface area contributed by atoms with Crippen LogP contribution in [0.5, 0.6) is 0 Å². The van der Waals surface area contributed by atoms with Gasteiger partial charge in [-0.15, -0.1) is 0 Å². The Morgan fingerprint density at radius 3 is 2.62 bits per heavy atom. The molecule has 6 nitrogen and oxygen atoms in total. The fourth-order valence-corrected chi connectivity index (χ4v) is 2.81. The highest BCUT2D eigenvalue weighted by Crippen LogP contribution is 2.11. The molecule has 0 radical (unpaired) electrons. The van der Waals surface area contributed by atoms with E-state index in [1.165, 1.54) is 0 Å². The number of hydrogen-bond donors (Lipinski definition) is 2. The van der Waals surface area contributed by atoms with Crippen LogP contribution in [-0.2, 0) is 11.3 Å². The molecule has 0 saturated carbocycles. The fourth-order valence-electron chi connectivity index (χ4n) is 2.68. The molecule has 1 aliphatic heterocycles. The van der Waals surface area contributed by atoms with E-state index in [4.69, 9.17) is 16.3 Å². The number of nitrogens with one attached hydrogen (secondary N) is 2. The number of hydrogen-bond acceptors (Lipinski definition) is 5. The number of rotatable bonds is 7. The molecular weight excluding hydrogens is 352 g/mol. The average Bonchev–Trinajstić information content (AvgIpc) is 2.69. The van der Waals surface area contributed by atoms with Crippen molar-refractivity contribution in [3.05, 3.63) is 58.7 Å². The molecular formula is C19H23ClN4O2. The SMILES string of the molecule is O=C(NCCN1CCOCC1)c1ccc(NCc2ccc(Cl)cc2)nc1. The van der Waals surface area contributed by atoms with Gasteiger partial charge < -0.3 is 15.4 Å². The first-order valence-electron chi connectivity index (χ1n) is 8.73. The van der Waals surface area contributed by atoms with Gasteiger partial charge in [0.15, 0.2) is 0 Å². The number of pyridine rings is 1. The predicted octanol–water partition coefficient (Wildman–Crippen LogP) is 2.41. The van der Waals surface area contributed by atoms with E-state index in [1.54, 1.807) is 12.3 Å². The van der Waals surface area contributed by atoms with Gasteiger partial charge in [-0.25, -0.2) is 4.98 Å². The molecule has 0 bridgehead atoms. The zero-order valence-corrected chi connectivity index (χ0v) is 15.3. The fraction of sp³-hybridized carbons (Fsp3) is 0.368. The number of ether oxygens (including phenoxy) is 1. The van der Waals surface area contributed by atoms with Crippen LogP contribution in [-0.4, -0.2) is 55.2 Å².